The van der Waals surface area contributed by atoms with E-state index in [1.165, 1.54) is 24.2 Å². The molecule has 1 fully saturated rings. The van der Waals surface area contributed by atoms with E-state index in [1.54, 1.807) is 10.9 Å². The number of likely N-dealkylation sites (tertiary alicyclic amines) is 1. The monoisotopic (exact) mass is 239 g/mol. The van der Waals surface area contributed by atoms with Gasteiger partial charge in [0.2, 0.25) is 0 Å². The molecule has 1 aliphatic rings. The number of aromatic nitrogens is 1. The fourth-order valence-corrected chi connectivity index (χ4v) is 2.50. The van der Waals surface area contributed by atoms with Gasteiger partial charge in [0.25, 0.3) is 5.91 Å². The van der Waals surface area contributed by atoms with Crippen LogP contribution in [0.3, 0.4) is 0 Å². The topological polar surface area (TPSA) is 45.2 Å². The van der Waals surface area contributed by atoms with Crippen molar-refractivity contribution in [3.05, 3.63) is 16.6 Å². The Labute approximate surface area is 99.7 Å². The van der Waals surface area contributed by atoms with Crippen molar-refractivity contribution in [2.45, 2.75) is 25.8 Å². The first kappa shape index (κ1) is 11.5. The maximum absolute atomic E-state index is 11.6. The van der Waals surface area contributed by atoms with E-state index >= 15 is 0 Å². The van der Waals surface area contributed by atoms with Crippen LogP contribution in [0, 0.1) is 0 Å². The van der Waals surface area contributed by atoms with Crippen LogP contribution in [0.25, 0.3) is 0 Å². The van der Waals surface area contributed by atoms with Gasteiger partial charge in [0.15, 0.2) is 0 Å². The van der Waals surface area contributed by atoms with Crippen molar-refractivity contribution in [3.8, 4) is 0 Å². The zero-order valence-corrected chi connectivity index (χ0v) is 10.3. The molecular formula is C11H17N3OS. The van der Waals surface area contributed by atoms with E-state index in [1.807, 2.05) is 0 Å². The zero-order chi connectivity index (χ0) is 11.4. The summed E-state index contributed by atoms with van der Waals surface area (Å²) in [5, 5.41) is 4.70. The van der Waals surface area contributed by atoms with E-state index in [2.05, 4.69) is 22.1 Å². The predicted molar refractivity (Wildman–Crippen MR) is 64.7 cm³/mol. The highest BCUT2D eigenvalue weighted by Crippen LogP contribution is 2.10. The Morgan fingerprint density at radius 2 is 2.38 bits per heavy atom. The Morgan fingerprint density at radius 3 is 3.00 bits per heavy atom. The molecule has 1 saturated heterocycles. The Hall–Kier alpha value is -0.940. The fraction of sp³-hybridized carbons (Fsp3) is 0.636. The number of nitrogens with zero attached hydrogens (tertiary/aromatic N) is 2. The predicted octanol–water partition coefficient (Wildman–Crippen LogP) is 1.36. The quantitative estimate of drug-likeness (QED) is 0.863. The lowest BCUT2D eigenvalue weighted by Gasteiger charge is -2.23. The largest absolute Gasteiger partial charge is 0.349 e. The minimum Gasteiger partial charge on any atom is -0.349 e. The minimum atomic E-state index is -0.0627. The molecule has 2 heterocycles. The van der Waals surface area contributed by atoms with Gasteiger partial charge < -0.3 is 5.32 Å². The average Bonchev–Trinajstić information content (AvgIpc) is 2.95. The molecule has 1 aromatic rings. The molecule has 1 N–H and O–H groups in total. The molecule has 1 aromatic heterocycles. The van der Waals surface area contributed by atoms with E-state index in [4.69, 9.17) is 0 Å². The lowest BCUT2D eigenvalue weighted by molar-refractivity contribution is 0.0936. The number of hydrogen-bond acceptors (Lipinski definition) is 4. The molecule has 88 valence electrons. The van der Waals surface area contributed by atoms with E-state index in [0.717, 1.165) is 13.1 Å². The van der Waals surface area contributed by atoms with Gasteiger partial charge in [0, 0.05) is 18.0 Å². The molecule has 2 rings (SSSR count). The Morgan fingerprint density at radius 1 is 1.62 bits per heavy atom. The SMILES string of the molecule is CC(CNC(=O)c1cscn1)N1CCCC1. The number of thiazole rings is 1. The summed E-state index contributed by atoms with van der Waals surface area (Å²) in [7, 11) is 0. The van der Waals surface area contributed by atoms with Gasteiger partial charge in [-0.2, -0.15) is 0 Å². The highest BCUT2D eigenvalue weighted by Gasteiger charge is 2.18. The molecule has 5 heteroatoms. The molecule has 0 aromatic carbocycles. The molecule has 1 amide bonds. The van der Waals surface area contributed by atoms with Crippen molar-refractivity contribution < 1.29 is 4.79 Å². The number of hydrogen-bond donors (Lipinski definition) is 1. The van der Waals surface area contributed by atoms with Crippen LogP contribution >= 0.6 is 11.3 Å². The number of carbonyl (C=O) groups is 1. The second-order valence-corrected chi connectivity index (χ2v) is 4.89. The molecule has 1 atom stereocenters. The Kier molecular flexibility index (Phi) is 3.90. The van der Waals surface area contributed by atoms with Crippen molar-refractivity contribution >= 4 is 17.2 Å². The van der Waals surface area contributed by atoms with Crippen LogP contribution in [0.4, 0.5) is 0 Å². The average molecular weight is 239 g/mol. The van der Waals surface area contributed by atoms with E-state index in [9.17, 15) is 4.79 Å². The lowest BCUT2D eigenvalue weighted by Crippen LogP contribution is -2.40. The highest BCUT2D eigenvalue weighted by atomic mass is 32.1. The van der Waals surface area contributed by atoms with E-state index in [-0.39, 0.29) is 5.91 Å². The summed E-state index contributed by atoms with van der Waals surface area (Å²) in [6.07, 6.45) is 2.56. The number of rotatable bonds is 4. The first-order valence-electron chi connectivity index (χ1n) is 5.68. The van der Waals surface area contributed by atoms with Crippen LogP contribution < -0.4 is 5.32 Å². The molecular weight excluding hydrogens is 222 g/mol. The number of nitrogens with one attached hydrogen (secondary N) is 1. The van der Waals surface area contributed by atoms with Crippen molar-refractivity contribution in [3.63, 3.8) is 0 Å². The highest BCUT2D eigenvalue weighted by molar-refractivity contribution is 7.07. The standard InChI is InChI=1S/C11H17N3OS/c1-9(14-4-2-3-5-14)6-12-11(15)10-7-16-8-13-10/h7-9H,2-6H2,1H3,(H,12,15). The van der Waals surface area contributed by atoms with Crippen molar-refractivity contribution in [2.75, 3.05) is 19.6 Å². The van der Waals surface area contributed by atoms with Gasteiger partial charge in [-0.05, 0) is 32.9 Å². The molecule has 1 unspecified atom stereocenters. The summed E-state index contributed by atoms with van der Waals surface area (Å²) in [5.41, 5.74) is 2.21. The summed E-state index contributed by atoms with van der Waals surface area (Å²) in [6.45, 7) is 5.19. The van der Waals surface area contributed by atoms with Gasteiger partial charge in [-0.25, -0.2) is 4.98 Å². The summed E-state index contributed by atoms with van der Waals surface area (Å²) < 4.78 is 0. The molecule has 0 aliphatic carbocycles. The third kappa shape index (κ3) is 2.80. The molecule has 1 aliphatic heterocycles. The van der Waals surface area contributed by atoms with Crippen LogP contribution in [0.2, 0.25) is 0 Å². The zero-order valence-electron chi connectivity index (χ0n) is 9.48. The van der Waals surface area contributed by atoms with E-state index in [0.29, 0.717) is 18.3 Å². The third-order valence-electron chi connectivity index (χ3n) is 2.99. The molecule has 0 saturated carbocycles. The fourth-order valence-electron chi connectivity index (χ4n) is 1.97. The molecule has 0 bridgehead atoms. The summed E-state index contributed by atoms with van der Waals surface area (Å²) in [6, 6.07) is 0.421. The van der Waals surface area contributed by atoms with Gasteiger partial charge >= 0.3 is 0 Å². The number of amides is 1. The van der Waals surface area contributed by atoms with Gasteiger partial charge in [-0.15, -0.1) is 11.3 Å². The molecule has 4 nitrogen and oxygen atoms in total. The third-order valence-corrected chi connectivity index (χ3v) is 3.57. The van der Waals surface area contributed by atoms with Crippen LogP contribution in [0.15, 0.2) is 10.9 Å². The van der Waals surface area contributed by atoms with Crippen LogP contribution in [0.5, 0.6) is 0 Å². The molecule has 0 spiro atoms. The minimum absolute atomic E-state index is 0.0627. The molecule has 0 radical (unpaired) electrons. The lowest BCUT2D eigenvalue weighted by atomic mass is 10.3. The van der Waals surface area contributed by atoms with Crippen molar-refractivity contribution in [1.29, 1.82) is 0 Å². The first-order chi connectivity index (χ1) is 7.77. The molecule has 16 heavy (non-hydrogen) atoms. The second kappa shape index (κ2) is 5.41. The smallest absolute Gasteiger partial charge is 0.270 e. The summed E-state index contributed by atoms with van der Waals surface area (Å²) in [4.78, 5) is 18.0. The second-order valence-electron chi connectivity index (χ2n) is 4.18. The Bertz CT molecular complexity index is 333. The van der Waals surface area contributed by atoms with E-state index < -0.39 is 0 Å². The van der Waals surface area contributed by atoms with Gasteiger partial charge in [0.05, 0.1) is 5.51 Å². The van der Waals surface area contributed by atoms with Gasteiger partial charge in [-0.1, -0.05) is 0 Å². The van der Waals surface area contributed by atoms with Crippen LogP contribution in [-0.4, -0.2) is 41.5 Å². The number of carbonyl (C=O) groups excluding carboxylic acids is 1. The maximum atomic E-state index is 11.6. The van der Waals surface area contributed by atoms with Gasteiger partial charge in [-0.3, -0.25) is 9.69 Å². The van der Waals surface area contributed by atoms with Gasteiger partial charge in [0.1, 0.15) is 5.69 Å². The summed E-state index contributed by atoms with van der Waals surface area (Å²) >= 11 is 1.45. The maximum Gasteiger partial charge on any atom is 0.270 e. The first-order valence-corrected chi connectivity index (χ1v) is 6.62. The van der Waals surface area contributed by atoms with Crippen LogP contribution in [0.1, 0.15) is 30.3 Å². The van der Waals surface area contributed by atoms with Crippen molar-refractivity contribution in [2.24, 2.45) is 0 Å². The van der Waals surface area contributed by atoms with Crippen LogP contribution in [-0.2, 0) is 0 Å². The normalized spacial score (nSPS) is 18.6. The summed E-state index contributed by atoms with van der Waals surface area (Å²) in [5.74, 6) is -0.0627. The van der Waals surface area contributed by atoms with Crippen molar-refractivity contribution in [1.82, 2.24) is 15.2 Å². The Balaban J connectivity index is 1.76.